The van der Waals surface area contributed by atoms with Gasteiger partial charge in [-0.1, -0.05) is 46.0 Å². The molecule has 0 spiro atoms. The van der Waals surface area contributed by atoms with Crippen LogP contribution in [-0.2, 0) is 16.5 Å². The van der Waals surface area contributed by atoms with Gasteiger partial charge in [-0.05, 0) is 6.42 Å². The summed E-state index contributed by atoms with van der Waals surface area (Å²) in [6, 6.07) is 0. The molecule has 1 aliphatic carbocycles. The Hall–Kier alpha value is 0.494. The minimum absolute atomic E-state index is 0. The molecule has 2 radical (unpaired) electrons. The van der Waals surface area contributed by atoms with Gasteiger partial charge < -0.3 is 0 Å². The average molecular weight is 171 g/mol. The van der Waals surface area contributed by atoms with Crippen LogP contribution >= 0.6 is 0 Å². The molecule has 1 aliphatic rings. The number of rotatable bonds is 0. The van der Waals surface area contributed by atoms with Crippen LogP contribution in [0, 0.1) is 13.3 Å². The van der Waals surface area contributed by atoms with E-state index in [4.69, 9.17) is 0 Å². The predicted octanol–water partition coefficient (Wildman–Crippen LogP) is 2.99. The Bertz CT molecular complexity index is 23.9. The minimum atomic E-state index is 0. The Kier molecular flexibility index (Phi) is 15.3. The summed E-state index contributed by atoms with van der Waals surface area (Å²) in [5.41, 5.74) is 0. The van der Waals surface area contributed by atoms with Crippen LogP contribution in [0.3, 0.4) is 0 Å². The van der Waals surface area contributed by atoms with Crippen LogP contribution in [0.1, 0.15) is 39.0 Å². The Morgan fingerprint density at radius 2 is 1.11 bits per heavy atom. The van der Waals surface area contributed by atoms with Gasteiger partial charge in [0.05, 0.1) is 0 Å². The Morgan fingerprint density at radius 3 is 1.22 bits per heavy atom. The second-order valence-corrected chi connectivity index (χ2v) is 2.18. The fourth-order valence-electron chi connectivity index (χ4n) is 0.884. The van der Waals surface area contributed by atoms with Crippen LogP contribution < -0.4 is 0 Å². The number of hydrogen-bond donors (Lipinski definition) is 0. The van der Waals surface area contributed by atoms with Crippen LogP contribution in [0.2, 0.25) is 0 Å². The summed E-state index contributed by atoms with van der Waals surface area (Å²) in [6.45, 7) is 5.25. The zero-order chi connectivity index (χ0) is 6.24. The summed E-state index contributed by atoms with van der Waals surface area (Å²) in [6.07, 6.45) is 9.25. The Morgan fingerprint density at radius 1 is 1.00 bits per heavy atom. The smallest absolute Gasteiger partial charge is 0 e. The summed E-state index contributed by atoms with van der Waals surface area (Å²) < 4.78 is 0. The standard InChI is InChI=1S/C5H10.C3H6.Ni/c1-2-4-5-3-1;1-3-2;/h1-5H2;3H,1H2,2H3;. The van der Waals surface area contributed by atoms with E-state index >= 15 is 0 Å². The summed E-state index contributed by atoms with van der Waals surface area (Å²) in [5.74, 6) is 0. The Balaban J connectivity index is 0. The summed E-state index contributed by atoms with van der Waals surface area (Å²) >= 11 is 0. The van der Waals surface area contributed by atoms with Gasteiger partial charge in [0.1, 0.15) is 0 Å². The minimum Gasteiger partial charge on any atom is -0.0623 e. The molecule has 0 heterocycles. The van der Waals surface area contributed by atoms with Gasteiger partial charge in [0.2, 0.25) is 0 Å². The maximum absolute atomic E-state index is 3.36. The van der Waals surface area contributed by atoms with Gasteiger partial charge in [0.25, 0.3) is 0 Å². The zero-order valence-electron chi connectivity index (χ0n) is 6.14. The molecule has 0 aromatic carbocycles. The van der Waals surface area contributed by atoms with E-state index in [1.807, 2.05) is 6.92 Å². The van der Waals surface area contributed by atoms with E-state index in [9.17, 15) is 0 Å². The first-order valence-corrected chi connectivity index (χ1v) is 3.49. The van der Waals surface area contributed by atoms with Gasteiger partial charge in [0.15, 0.2) is 0 Å². The first-order valence-electron chi connectivity index (χ1n) is 3.49. The second-order valence-electron chi connectivity index (χ2n) is 2.18. The van der Waals surface area contributed by atoms with Crippen molar-refractivity contribution in [3.8, 4) is 0 Å². The molecule has 1 fully saturated rings. The normalized spacial score (nSPS) is 15.3. The van der Waals surface area contributed by atoms with E-state index in [1.54, 1.807) is 6.42 Å². The summed E-state index contributed by atoms with van der Waals surface area (Å²) in [5, 5.41) is 0. The molecule has 1 rings (SSSR count). The van der Waals surface area contributed by atoms with Gasteiger partial charge in [-0.3, -0.25) is 0 Å². The summed E-state index contributed by atoms with van der Waals surface area (Å²) in [7, 11) is 0. The average Bonchev–Trinajstić information content (AvgIpc) is 2.17. The monoisotopic (exact) mass is 170 g/mol. The zero-order valence-corrected chi connectivity index (χ0v) is 7.12. The molecule has 0 nitrogen and oxygen atoms in total. The predicted molar refractivity (Wildman–Crippen MR) is 38.4 cm³/mol. The molecular weight excluding hydrogens is 155 g/mol. The van der Waals surface area contributed by atoms with E-state index in [0.29, 0.717) is 0 Å². The first kappa shape index (κ1) is 12.2. The van der Waals surface area contributed by atoms with Crippen molar-refractivity contribution < 1.29 is 16.5 Å². The van der Waals surface area contributed by atoms with Crippen molar-refractivity contribution in [1.29, 1.82) is 0 Å². The topological polar surface area (TPSA) is 0 Å². The fraction of sp³-hybridized carbons (Fsp3) is 0.750. The van der Waals surface area contributed by atoms with E-state index in [-0.39, 0.29) is 16.5 Å². The van der Waals surface area contributed by atoms with Gasteiger partial charge in [0, 0.05) is 16.5 Å². The first-order chi connectivity index (χ1) is 3.91. The van der Waals surface area contributed by atoms with Crippen molar-refractivity contribution in [3.63, 3.8) is 0 Å². The van der Waals surface area contributed by atoms with Crippen molar-refractivity contribution in [2.24, 2.45) is 0 Å². The van der Waals surface area contributed by atoms with E-state index in [0.717, 1.165) is 0 Å². The van der Waals surface area contributed by atoms with Crippen LogP contribution in [0.15, 0.2) is 0 Å². The van der Waals surface area contributed by atoms with Crippen molar-refractivity contribution in [2.75, 3.05) is 0 Å². The van der Waals surface area contributed by atoms with Crippen molar-refractivity contribution in [1.82, 2.24) is 0 Å². The molecule has 0 aliphatic heterocycles. The maximum Gasteiger partial charge on any atom is 0 e. The molecule has 0 saturated heterocycles. The molecule has 0 aromatic heterocycles. The van der Waals surface area contributed by atoms with Crippen molar-refractivity contribution in [2.45, 2.75) is 39.0 Å². The second kappa shape index (κ2) is 11.3. The molecule has 0 atom stereocenters. The van der Waals surface area contributed by atoms with Crippen LogP contribution in [0.25, 0.3) is 0 Å². The van der Waals surface area contributed by atoms with Gasteiger partial charge >= 0.3 is 0 Å². The largest absolute Gasteiger partial charge is 0.0623 e. The fourth-order valence-corrected chi connectivity index (χ4v) is 0.884. The van der Waals surface area contributed by atoms with Crippen LogP contribution in [-0.4, -0.2) is 0 Å². The molecule has 0 unspecified atom stereocenters. The molecule has 0 bridgehead atoms. The van der Waals surface area contributed by atoms with Gasteiger partial charge in [-0.25, -0.2) is 0 Å². The molecule has 9 heavy (non-hydrogen) atoms. The maximum atomic E-state index is 3.36. The molecule has 58 valence electrons. The SMILES string of the molecule is C1CCCC1.[CH2][CH]C.[Ni]. The quantitative estimate of drug-likeness (QED) is 0.491. The molecule has 0 N–H and O–H groups in total. The molecule has 1 heteroatoms. The van der Waals surface area contributed by atoms with Gasteiger partial charge in [-0.15, -0.1) is 0 Å². The van der Waals surface area contributed by atoms with E-state index in [2.05, 4.69) is 6.92 Å². The molecule has 0 amide bonds. The van der Waals surface area contributed by atoms with Crippen molar-refractivity contribution in [3.05, 3.63) is 13.3 Å². The van der Waals surface area contributed by atoms with Crippen LogP contribution in [0.5, 0.6) is 0 Å². The van der Waals surface area contributed by atoms with Gasteiger partial charge in [-0.2, -0.15) is 0 Å². The van der Waals surface area contributed by atoms with Crippen LogP contribution in [0.4, 0.5) is 0 Å². The summed E-state index contributed by atoms with van der Waals surface area (Å²) in [4.78, 5) is 0. The third kappa shape index (κ3) is 11.9. The Labute approximate surface area is 69.3 Å². The molecule has 0 aromatic rings. The molecular formula is C8H16Ni. The third-order valence-electron chi connectivity index (χ3n) is 1.25. The van der Waals surface area contributed by atoms with E-state index in [1.165, 1.54) is 32.1 Å². The molecule has 1 saturated carbocycles. The number of hydrogen-bond acceptors (Lipinski definition) is 0. The third-order valence-corrected chi connectivity index (χ3v) is 1.25. The van der Waals surface area contributed by atoms with E-state index < -0.39 is 0 Å². The van der Waals surface area contributed by atoms with Crippen molar-refractivity contribution >= 4 is 0 Å².